The molecule has 0 saturated heterocycles. The number of rotatable bonds is 4. The number of aromatic nitrogens is 2. The Morgan fingerprint density at radius 3 is 2.52 bits per heavy atom. The van der Waals surface area contributed by atoms with Crippen LogP contribution in [0.1, 0.15) is 32.8 Å². The van der Waals surface area contributed by atoms with Crippen molar-refractivity contribution in [2.45, 2.75) is 33.7 Å². The molecule has 21 heavy (non-hydrogen) atoms. The summed E-state index contributed by atoms with van der Waals surface area (Å²) < 4.78 is 0. The van der Waals surface area contributed by atoms with E-state index in [2.05, 4.69) is 36.1 Å². The number of pyridine rings is 2. The Balaban J connectivity index is 2.10. The number of carbonyl (C=O) groups excluding carboxylic acids is 1. The van der Waals surface area contributed by atoms with Crippen molar-refractivity contribution in [3.8, 4) is 11.3 Å². The van der Waals surface area contributed by atoms with Gasteiger partial charge in [0.05, 0.1) is 5.69 Å². The summed E-state index contributed by atoms with van der Waals surface area (Å²) >= 11 is 0. The quantitative estimate of drug-likeness (QED) is 0.937. The minimum atomic E-state index is -0.00699. The molecule has 0 radical (unpaired) electrons. The van der Waals surface area contributed by atoms with Crippen LogP contribution >= 0.6 is 0 Å². The average Bonchev–Trinajstić information content (AvgIpc) is 2.45. The third-order valence-corrected chi connectivity index (χ3v) is 3.01. The first kappa shape index (κ1) is 15.2. The van der Waals surface area contributed by atoms with Crippen LogP contribution in [0.3, 0.4) is 0 Å². The highest BCUT2D eigenvalue weighted by Crippen LogP contribution is 2.21. The van der Waals surface area contributed by atoms with Crippen LogP contribution in [0.4, 0.5) is 0 Å². The van der Waals surface area contributed by atoms with Crippen molar-refractivity contribution in [2.75, 3.05) is 0 Å². The summed E-state index contributed by atoms with van der Waals surface area (Å²) in [6.07, 6.45) is 5.76. The summed E-state index contributed by atoms with van der Waals surface area (Å²) in [5.74, 6) is 0.0621. The first-order valence-corrected chi connectivity index (χ1v) is 7.07. The predicted octanol–water partition coefficient (Wildman–Crippen LogP) is 3.20. The highest BCUT2D eigenvalue weighted by Gasteiger charge is 2.16. The second kappa shape index (κ2) is 6.48. The van der Waals surface area contributed by atoms with Gasteiger partial charge >= 0.3 is 0 Å². The Kier molecular flexibility index (Phi) is 4.68. The lowest BCUT2D eigenvalue weighted by Gasteiger charge is -2.17. The Morgan fingerprint density at radius 1 is 1.14 bits per heavy atom. The molecule has 2 aromatic rings. The number of amides is 1. The Bertz CT molecular complexity index is 603. The van der Waals surface area contributed by atoms with E-state index in [1.807, 2.05) is 24.3 Å². The van der Waals surface area contributed by atoms with Gasteiger partial charge < -0.3 is 5.32 Å². The second-order valence-electron chi connectivity index (χ2n) is 6.26. The smallest absolute Gasteiger partial charge is 0.220 e. The molecule has 4 heteroatoms. The number of hydrogen-bond acceptors (Lipinski definition) is 3. The SMILES string of the molecule is CC(C)(C)CC(=O)NCc1cccnc1-c1ccncc1. The van der Waals surface area contributed by atoms with Crippen LogP contribution in [0.15, 0.2) is 42.9 Å². The van der Waals surface area contributed by atoms with Crippen molar-refractivity contribution in [3.05, 3.63) is 48.4 Å². The topological polar surface area (TPSA) is 54.9 Å². The van der Waals surface area contributed by atoms with Gasteiger partial charge in [0, 0.05) is 37.1 Å². The van der Waals surface area contributed by atoms with Crippen LogP contribution in [-0.2, 0) is 11.3 Å². The van der Waals surface area contributed by atoms with Gasteiger partial charge in [-0.2, -0.15) is 0 Å². The van der Waals surface area contributed by atoms with Crippen molar-refractivity contribution in [1.82, 2.24) is 15.3 Å². The van der Waals surface area contributed by atoms with Gasteiger partial charge in [-0.15, -0.1) is 0 Å². The number of hydrogen-bond donors (Lipinski definition) is 1. The third-order valence-electron chi connectivity index (χ3n) is 3.01. The molecule has 2 aromatic heterocycles. The first-order chi connectivity index (χ1) is 9.96. The van der Waals surface area contributed by atoms with Crippen molar-refractivity contribution >= 4 is 5.91 Å². The average molecular weight is 283 g/mol. The maximum atomic E-state index is 11.9. The van der Waals surface area contributed by atoms with E-state index in [1.165, 1.54) is 0 Å². The molecule has 0 bridgehead atoms. The first-order valence-electron chi connectivity index (χ1n) is 7.07. The molecular formula is C17H21N3O. The maximum absolute atomic E-state index is 11.9. The van der Waals surface area contributed by atoms with Crippen LogP contribution in [0.5, 0.6) is 0 Å². The fourth-order valence-corrected chi connectivity index (χ4v) is 2.09. The molecule has 1 amide bonds. The van der Waals surface area contributed by atoms with Gasteiger partial charge in [0.15, 0.2) is 0 Å². The molecular weight excluding hydrogens is 262 g/mol. The minimum Gasteiger partial charge on any atom is -0.352 e. The standard InChI is InChI=1S/C17H21N3O/c1-17(2,3)11-15(21)20-12-14-5-4-8-19-16(14)13-6-9-18-10-7-13/h4-10H,11-12H2,1-3H3,(H,20,21). The zero-order valence-corrected chi connectivity index (χ0v) is 12.8. The van der Waals surface area contributed by atoms with Gasteiger partial charge in [-0.25, -0.2) is 0 Å². The van der Waals surface area contributed by atoms with E-state index in [-0.39, 0.29) is 11.3 Å². The zero-order valence-electron chi connectivity index (χ0n) is 12.8. The zero-order chi connectivity index (χ0) is 15.3. The Hall–Kier alpha value is -2.23. The summed E-state index contributed by atoms with van der Waals surface area (Å²) in [4.78, 5) is 20.4. The lowest BCUT2D eigenvalue weighted by Crippen LogP contribution is -2.27. The fraction of sp³-hybridized carbons (Fsp3) is 0.353. The van der Waals surface area contributed by atoms with Crippen LogP contribution in [0, 0.1) is 5.41 Å². The highest BCUT2D eigenvalue weighted by molar-refractivity contribution is 5.76. The number of carbonyl (C=O) groups is 1. The molecule has 2 heterocycles. The molecule has 0 aliphatic rings. The Labute approximate surface area is 125 Å². The van der Waals surface area contributed by atoms with Crippen LogP contribution in [0.25, 0.3) is 11.3 Å². The number of nitrogens with one attached hydrogen (secondary N) is 1. The van der Waals surface area contributed by atoms with E-state index >= 15 is 0 Å². The van der Waals surface area contributed by atoms with E-state index in [9.17, 15) is 4.79 Å². The molecule has 0 atom stereocenters. The van der Waals surface area contributed by atoms with Crippen molar-refractivity contribution < 1.29 is 4.79 Å². The van der Waals surface area contributed by atoms with Crippen LogP contribution in [-0.4, -0.2) is 15.9 Å². The van der Waals surface area contributed by atoms with Crippen molar-refractivity contribution in [3.63, 3.8) is 0 Å². The van der Waals surface area contributed by atoms with E-state index < -0.39 is 0 Å². The van der Waals surface area contributed by atoms with E-state index in [1.54, 1.807) is 18.6 Å². The van der Waals surface area contributed by atoms with Gasteiger partial charge in [-0.05, 0) is 29.2 Å². The molecule has 0 saturated carbocycles. The lowest BCUT2D eigenvalue weighted by atomic mass is 9.92. The largest absolute Gasteiger partial charge is 0.352 e. The van der Waals surface area contributed by atoms with Crippen molar-refractivity contribution in [1.29, 1.82) is 0 Å². The molecule has 4 nitrogen and oxygen atoms in total. The van der Waals surface area contributed by atoms with E-state index in [4.69, 9.17) is 0 Å². The van der Waals surface area contributed by atoms with Gasteiger partial charge in [-0.1, -0.05) is 26.8 Å². The fourth-order valence-electron chi connectivity index (χ4n) is 2.09. The molecule has 2 rings (SSSR count). The second-order valence-corrected chi connectivity index (χ2v) is 6.26. The minimum absolute atomic E-state index is 0.00699. The number of nitrogens with zero attached hydrogens (tertiary/aromatic N) is 2. The monoisotopic (exact) mass is 283 g/mol. The van der Waals surface area contributed by atoms with E-state index in [0.29, 0.717) is 13.0 Å². The van der Waals surface area contributed by atoms with Gasteiger partial charge in [0.25, 0.3) is 0 Å². The molecule has 0 unspecified atom stereocenters. The molecule has 0 aliphatic heterocycles. The summed E-state index contributed by atoms with van der Waals surface area (Å²) in [5, 5.41) is 2.97. The molecule has 0 aromatic carbocycles. The maximum Gasteiger partial charge on any atom is 0.220 e. The van der Waals surface area contributed by atoms with Crippen LogP contribution in [0.2, 0.25) is 0 Å². The van der Waals surface area contributed by atoms with Crippen LogP contribution < -0.4 is 5.32 Å². The Morgan fingerprint density at radius 2 is 1.86 bits per heavy atom. The van der Waals surface area contributed by atoms with Crippen molar-refractivity contribution in [2.24, 2.45) is 5.41 Å². The third kappa shape index (κ3) is 4.67. The van der Waals surface area contributed by atoms with E-state index in [0.717, 1.165) is 16.8 Å². The summed E-state index contributed by atoms with van der Waals surface area (Å²) in [6, 6.07) is 7.71. The molecule has 1 N–H and O–H groups in total. The van der Waals surface area contributed by atoms with Gasteiger partial charge in [0.2, 0.25) is 5.91 Å². The summed E-state index contributed by atoms with van der Waals surface area (Å²) in [5.41, 5.74) is 2.89. The molecule has 0 spiro atoms. The summed E-state index contributed by atoms with van der Waals surface area (Å²) in [6.45, 7) is 6.65. The molecule has 0 fully saturated rings. The lowest BCUT2D eigenvalue weighted by molar-refractivity contribution is -0.122. The summed E-state index contributed by atoms with van der Waals surface area (Å²) in [7, 11) is 0. The highest BCUT2D eigenvalue weighted by atomic mass is 16.1. The molecule has 0 aliphatic carbocycles. The normalized spacial score (nSPS) is 11.2. The van der Waals surface area contributed by atoms with Gasteiger partial charge in [0.1, 0.15) is 0 Å². The molecule has 110 valence electrons. The van der Waals surface area contributed by atoms with Gasteiger partial charge in [-0.3, -0.25) is 14.8 Å². The predicted molar refractivity (Wildman–Crippen MR) is 83.4 cm³/mol.